The van der Waals surface area contributed by atoms with Crippen LogP contribution in [0, 0.1) is 10.5 Å². The van der Waals surface area contributed by atoms with E-state index in [0.29, 0.717) is 5.69 Å². The van der Waals surface area contributed by atoms with E-state index in [-0.39, 0.29) is 16.2 Å². The highest BCUT2D eigenvalue weighted by Crippen LogP contribution is 2.28. The topological polar surface area (TPSA) is 92.7 Å². The third-order valence-corrected chi connectivity index (χ3v) is 5.19. The van der Waals surface area contributed by atoms with Crippen LogP contribution in [0.25, 0.3) is 0 Å². The highest BCUT2D eigenvalue weighted by atomic mass is 127. The molecule has 0 aliphatic rings. The summed E-state index contributed by atoms with van der Waals surface area (Å²) >= 11 is 2.13. The molecule has 122 valence electrons. The molecule has 2 rings (SSSR count). The van der Waals surface area contributed by atoms with Gasteiger partial charge in [0.25, 0.3) is 10.0 Å². The van der Waals surface area contributed by atoms with Gasteiger partial charge in [-0.3, -0.25) is 4.72 Å². The number of carboxylic acid groups (broad SMARTS) is 1. The average Bonchev–Trinajstić information content (AvgIpc) is 2.49. The first-order valence-corrected chi connectivity index (χ1v) is 9.01. The Morgan fingerprint density at radius 3 is 2.48 bits per heavy atom. The van der Waals surface area contributed by atoms with Crippen molar-refractivity contribution in [2.24, 2.45) is 0 Å². The van der Waals surface area contributed by atoms with Crippen molar-refractivity contribution in [3.8, 4) is 5.75 Å². The van der Waals surface area contributed by atoms with E-state index >= 15 is 0 Å². The number of aryl methyl sites for hydroxylation is 1. The van der Waals surface area contributed by atoms with Gasteiger partial charge in [-0.2, -0.15) is 0 Å². The summed E-state index contributed by atoms with van der Waals surface area (Å²) < 4.78 is 33.7. The second-order valence-electron chi connectivity index (χ2n) is 4.74. The highest BCUT2D eigenvalue weighted by molar-refractivity contribution is 14.1. The molecule has 2 aromatic rings. The van der Waals surface area contributed by atoms with Crippen molar-refractivity contribution in [2.45, 2.75) is 11.8 Å². The number of methoxy groups -OCH3 is 1. The summed E-state index contributed by atoms with van der Waals surface area (Å²) in [6.07, 6.45) is 0. The van der Waals surface area contributed by atoms with Crippen LogP contribution >= 0.6 is 22.6 Å². The van der Waals surface area contributed by atoms with E-state index < -0.39 is 16.0 Å². The maximum absolute atomic E-state index is 12.6. The summed E-state index contributed by atoms with van der Waals surface area (Å²) in [6, 6.07) is 8.95. The van der Waals surface area contributed by atoms with E-state index in [1.54, 1.807) is 19.1 Å². The molecule has 0 bridgehead atoms. The maximum Gasteiger partial charge on any atom is 0.335 e. The molecular formula is C15H14INO5S. The zero-order valence-corrected chi connectivity index (χ0v) is 15.3. The Bertz CT molecular complexity index is 864. The van der Waals surface area contributed by atoms with Gasteiger partial charge < -0.3 is 9.84 Å². The van der Waals surface area contributed by atoms with Crippen molar-refractivity contribution in [3.63, 3.8) is 0 Å². The van der Waals surface area contributed by atoms with Crippen LogP contribution in [0.2, 0.25) is 0 Å². The standard InChI is InChI=1S/C15H14INO5S/c1-9-7-11(16)4-5-12(9)17-23(20,21)14-8-10(15(18)19)3-6-13(14)22-2/h3-8,17H,1-2H3,(H,18,19). The van der Waals surface area contributed by atoms with E-state index in [1.165, 1.54) is 19.2 Å². The number of halogens is 1. The first-order chi connectivity index (χ1) is 10.7. The van der Waals surface area contributed by atoms with Crippen LogP contribution in [-0.2, 0) is 10.0 Å². The van der Waals surface area contributed by atoms with E-state index in [0.717, 1.165) is 15.2 Å². The van der Waals surface area contributed by atoms with Gasteiger partial charge in [-0.15, -0.1) is 0 Å². The molecule has 2 aromatic carbocycles. The predicted octanol–water partition coefficient (Wildman–Crippen LogP) is 3.11. The normalized spacial score (nSPS) is 11.1. The van der Waals surface area contributed by atoms with Gasteiger partial charge in [0, 0.05) is 3.57 Å². The maximum atomic E-state index is 12.6. The van der Waals surface area contributed by atoms with Crippen molar-refractivity contribution in [2.75, 3.05) is 11.8 Å². The predicted molar refractivity (Wildman–Crippen MR) is 94.7 cm³/mol. The Hall–Kier alpha value is -1.81. The van der Waals surface area contributed by atoms with Crippen LogP contribution in [-0.4, -0.2) is 26.6 Å². The number of ether oxygens (including phenoxy) is 1. The van der Waals surface area contributed by atoms with Crippen LogP contribution in [0.15, 0.2) is 41.3 Å². The molecule has 6 nitrogen and oxygen atoms in total. The fourth-order valence-corrected chi connectivity index (χ4v) is 3.93. The second-order valence-corrected chi connectivity index (χ2v) is 7.63. The minimum atomic E-state index is -3.99. The lowest BCUT2D eigenvalue weighted by molar-refractivity contribution is 0.0696. The fourth-order valence-electron chi connectivity index (χ4n) is 1.96. The van der Waals surface area contributed by atoms with E-state index in [2.05, 4.69) is 27.3 Å². The van der Waals surface area contributed by atoms with Gasteiger partial charge in [0.2, 0.25) is 0 Å². The molecule has 0 spiro atoms. The number of carbonyl (C=O) groups is 1. The number of nitrogens with one attached hydrogen (secondary N) is 1. The number of aromatic carboxylic acids is 1. The number of benzene rings is 2. The first-order valence-electron chi connectivity index (χ1n) is 6.45. The molecule has 0 heterocycles. The molecule has 0 aromatic heterocycles. The molecule has 0 atom stereocenters. The summed E-state index contributed by atoms with van der Waals surface area (Å²) in [5.41, 5.74) is 1.05. The van der Waals surface area contributed by atoms with Gasteiger partial charge in [0.15, 0.2) is 0 Å². The van der Waals surface area contributed by atoms with Gasteiger partial charge in [0.1, 0.15) is 10.6 Å². The molecule has 0 saturated carbocycles. The quantitative estimate of drug-likeness (QED) is 0.688. The van der Waals surface area contributed by atoms with E-state index in [4.69, 9.17) is 9.84 Å². The van der Waals surface area contributed by atoms with Gasteiger partial charge in [-0.25, -0.2) is 13.2 Å². The zero-order chi connectivity index (χ0) is 17.2. The molecule has 0 fully saturated rings. The van der Waals surface area contributed by atoms with Crippen molar-refractivity contribution in [1.29, 1.82) is 0 Å². The number of hydrogen-bond acceptors (Lipinski definition) is 4. The summed E-state index contributed by atoms with van der Waals surface area (Å²) in [7, 11) is -2.66. The van der Waals surface area contributed by atoms with Crippen molar-refractivity contribution in [1.82, 2.24) is 0 Å². The molecule has 0 saturated heterocycles. The van der Waals surface area contributed by atoms with Crippen LogP contribution in [0.1, 0.15) is 15.9 Å². The zero-order valence-electron chi connectivity index (χ0n) is 12.3. The Kier molecular flexibility index (Phi) is 5.15. The number of anilines is 1. The third-order valence-electron chi connectivity index (χ3n) is 3.13. The Balaban J connectivity index is 2.50. The number of rotatable bonds is 5. The molecule has 8 heteroatoms. The van der Waals surface area contributed by atoms with Gasteiger partial charge >= 0.3 is 5.97 Å². The third kappa shape index (κ3) is 3.94. The van der Waals surface area contributed by atoms with Crippen molar-refractivity contribution >= 4 is 44.3 Å². The molecule has 0 aliphatic heterocycles. The average molecular weight is 447 g/mol. The lowest BCUT2D eigenvalue weighted by Crippen LogP contribution is -2.15. The molecule has 0 aliphatic carbocycles. The molecule has 0 radical (unpaired) electrons. The smallest absolute Gasteiger partial charge is 0.335 e. The van der Waals surface area contributed by atoms with Gasteiger partial charge in [0.05, 0.1) is 18.4 Å². The van der Waals surface area contributed by atoms with Gasteiger partial charge in [-0.05, 0) is 71.5 Å². The number of sulfonamides is 1. The van der Waals surface area contributed by atoms with Crippen LogP contribution in [0.3, 0.4) is 0 Å². The van der Waals surface area contributed by atoms with E-state index in [9.17, 15) is 13.2 Å². The summed E-state index contributed by atoms with van der Waals surface area (Å²) in [5.74, 6) is -1.14. The molecule has 0 amide bonds. The van der Waals surface area contributed by atoms with Gasteiger partial charge in [-0.1, -0.05) is 0 Å². The first kappa shape index (κ1) is 17.5. The lowest BCUT2D eigenvalue weighted by atomic mass is 10.2. The highest BCUT2D eigenvalue weighted by Gasteiger charge is 2.22. The summed E-state index contributed by atoms with van der Waals surface area (Å²) in [6.45, 7) is 1.78. The largest absolute Gasteiger partial charge is 0.495 e. The Morgan fingerprint density at radius 2 is 1.91 bits per heavy atom. The minimum Gasteiger partial charge on any atom is -0.495 e. The van der Waals surface area contributed by atoms with E-state index in [1.807, 2.05) is 6.07 Å². The SMILES string of the molecule is COc1ccc(C(=O)O)cc1S(=O)(=O)Nc1ccc(I)cc1C. The minimum absolute atomic E-state index is 0.0747. The molecule has 0 unspecified atom stereocenters. The van der Waals surface area contributed by atoms with Crippen LogP contribution in [0.4, 0.5) is 5.69 Å². The summed E-state index contributed by atoms with van der Waals surface area (Å²) in [5, 5.41) is 9.05. The second kappa shape index (κ2) is 6.75. The number of hydrogen-bond donors (Lipinski definition) is 2. The molecule has 2 N–H and O–H groups in total. The lowest BCUT2D eigenvalue weighted by Gasteiger charge is -2.14. The van der Waals surface area contributed by atoms with Crippen LogP contribution < -0.4 is 9.46 Å². The number of carboxylic acids is 1. The van der Waals surface area contributed by atoms with Crippen molar-refractivity contribution < 1.29 is 23.1 Å². The van der Waals surface area contributed by atoms with Crippen molar-refractivity contribution in [3.05, 3.63) is 51.1 Å². The molecule has 23 heavy (non-hydrogen) atoms. The monoisotopic (exact) mass is 447 g/mol. The fraction of sp³-hybridized carbons (Fsp3) is 0.133. The van der Waals surface area contributed by atoms with Crippen LogP contribution in [0.5, 0.6) is 5.75 Å². The molecular weight excluding hydrogens is 433 g/mol. The Labute approximate surface area is 147 Å². The summed E-state index contributed by atoms with van der Waals surface area (Å²) in [4.78, 5) is 10.8. The Morgan fingerprint density at radius 1 is 1.22 bits per heavy atom.